The smallest absolute Gasteiger partial charge is 0.267 e. The molecule has 0 fully saturated rings. The van der Waals surface area contributed by atoms with Crippen LogP contribution in [0.1, 0.15) is 21.5 Å². The molecule has 0 aromatic heterocycles. The number of hydrogen-bond donors (Lipinski definition) is 1. The van der Waals surface area contributed by atoms with E-state index in [-0.39, 0.29) is 5.91 Å². The van der Waals surface area contributed by atoms with Crippen LogP contribution in [0.4, 0.5) is 0 Å². The fourth-order valence-corrected chi connectivity index (χ4v) is 1.74. The van der Waals surface area contributed by atoms with Gasteiger partial charge in [-0.15, -0.1) is 0 Å². The van der Waals surface area contributed by atoms with Crippen LogP contribution in [0.2, 0.25) is 0 Å². The van der Waals surface area contributed by atoms with Gasteiger partial charge in [-0.3, -0.25) is 4.79 Å². The molecule has 2 aromatic carbocycles. The number of nitrogens with one attached hydrogen (secondary N) is 1. The summed E-state index contributed by atoms with van der Waals surface area (Å²) >= 11 is 3.34. The number of hydrogen-bond acceptors (Lipinski definition) is 3. The van der Waals surface area contributed by atoms with Gasteiger partial charge in [0.2, 0.25) is 0 Å². The van der Waals surface area contributed by atoms with E-state index in [0.717, 1.165) is 10.0 Å². The molecule has 0 unspecified atom stereocenters. The average Bonchev–Trinajstić information content (AvgIpc) is 2.49. The molecular formula is C15H10BrN3O. The fraction of sp³-hybridized carbons (Fsp3) is 0. The lowest BCUT2D eigenvalue weighted by Gasteiger charge is -1.99. The Hall–Kier alpha value is -2.45. The van der Waals surface area contributed by atoms with E-state index in [1.54, 1.807) is 30.5 Å². The van der Waals surface area contributed by atoms with Crippen molar-refractivity contribution in [3.63, 3.8) is 0 Å². The molecule has 0 aliphatic rings. The van der Waals surface area contributed by atoms with Crippen molar-refractivity contribution in [2.45, 2.75) is 0 Å². The molecule has 0 radical (unpaired) electrons. The highest BCUT2D eigenvalue weighted by Crippen LogP contribution is 2.09. The van der Waals surface area contributed by atoms with E-state index in [1.165, 1.54) is 0 Å². The Morgan fingerprint density at radius 3 is 2.40 bits per heavy atom. The molecule has 2 rings (SSSR count). The first-order valence-corrected chi connectivity index (χ1v) is 6.57. The zero-order chi connectivity index (χ0) is 14.4. The number of benzene rings is 2. The second kappa shape index (κ2) is 6.64. The van der Waals surface area contributed by atoms with Crippen molar-refractivity contribution in [3.05, 3.63) is 69.7 Å². The van der Waals surface area contributed by atoms with Gasteiger partial charge in [0, 0.05) is 10.0 Å². The van der Waals surface area contributed by atoms with E-state index in [9.17, 15) is 4.79 Å². The highest BCUT2D eigenvalue weighted by atomic mass is 79.9. The van der Waals surface area contributed by atoms with Crippen molar-refractivity contribution in [2.75, 3.05) is 0 Å². The standard InChI is InChI=1S/C15H10BrN3O/c16-14-7-3-12(4-8-14)10-18-19-15(20)13-5-1-11(9-17)2-6-13/h1-8,10H,(H,19,20)/b18-10-. The molecule has 0 saturated carbocycles. The van der Waals surface area contributed by atoms with Gasteiger partial charge in [0.25, 0.3) is 5.91 Å². The Kier molecular flexibility index (Phi) is 4.64. The first-order chi connectivity index (χ1) is 9.69. The number of carbonyl (C=O) groups is 1. The number of amides is 1. The molecule has 0 aliphatic carbocycles. The molecule has 0 spiro atoms. The summed E-state index contributed by atoms with van der Waals surface area (Å²) in [6.45, 7) is 0. The zero-order valence-corrected chi connectivity index (χ0v) is 12.0. The van der Waals surface area contributed by atoms with Crippen molar-refractivity contribution >= 4 is 28.1 Å². The van der Waals surface area contributed by atoms with Crippen LogP contribution in [0.5, 0.6) is 0 Å². The van der Waals surface area contributed by atoms with Crippen LogP contribution >= 0.6 is 15.9 Å². The maximum atomic E-state index is 11.8. The quantitative estimate of drug-likeness (QED) is 0.695. The summed E-state index contributed by atoms with van der Waals surface area (Å²) in [6, 6.07) is 15.9. The fourth-order valence-electron chi connectivity index (χ4n) is 1.47. The summed E-state index contributed by atoms with van der Waals surface area (Å²) in [7, 11) is 0. The average molecular weight is 328 g/mol. The lowest BCUT2D eigenvalue weighted by molar-refractivity contribution is 0.0955. The maximum Gasteiger partial charge on any atom is 0.271 e. The van der Waals surface area contributed by atoms with E-state index in [1.807, 2.05) is 30.3 Å². The van der Waals surface area contributed by atoms with Crippen molar-refractivity contribution in [2.24, 2.45) is 5.10 Å². The maximum absolute atomic E-state index is 11.8. The molecule has 0 bridgehead atoms. The van der Waals surface area contributed by atoms with Crippen molar-refractivity contribution in [1.82, 2.24) is 5.43 Å². The van der Waals surface area contributed by atoms with Gasteiger partial charge in [-0.05, 0) is 42.0 Å². The third-order valence-corrected chi connectivity index (χ3v) is 3.05. The molecule has 4 nitrogen and oxygen atoms in total. The molecule has 0 aliphatic heterocycles. The van der Waals surface area contributed by atoms with E-state index in [0.29, 0.717) is 11.1 Å². The third-order valence-electron chi connectivity index (χ3n) is 2.53. The summed E-state index contributed by atoms with van der Waals surface area (Å²) < 4.78 is 0.983. The third kappa shape index (κ3) is 3.77. The lowest BCUT2D eigenvalue weighted by Crippen LogP contribution is -2.17. The minimum atomic E-state index is -0.317. The van der Waals surface area contributed by atoms with Crippen LogP contribution in [0, 0.1) is 11.3 Å². The second-order valence-electron chi connectivity index (χ2n) is 3.94. The minimum absolute atomic E-state index is 0.317. The predicted molar refractivity (Wildman–Crippen MR) is 80.4 cm³/mol. The number of nitrogens with zero attached hydrogens (tertiary/aromatic N) is 2. The molecule has 0 saturated heterocycles. The van der Waals surface area contributed by atoms with Gasteiger partial charge >= 0.3 is 0 Å². The topological polar surface area (TPSA) is 65.2 Å². The predicted octanol–water partition coefficient (Wildman–Crippen LogP) is 3.08. The Balaban J connectivity index is 1.97. The van der Waals surface area contributed by atoms with Gasteiger partial charge < -0.3 is 0 Å². The van der Waals surface area contributed by atoms with Crippen LogP contribution in [-0.4, -0.2) is 12.1 Å². The van der Waals surface area contributed by atoms with E-state index in [2.05, 4.69) is 26.5 Å². The largest absolute Gasteiger partial charge is 0.271 e. The number of hydrazone groups is 1. The summed E-state index contributed by atoms with van der Waals surface area (Å²) in [5.41, 5.74) is 4.29. The highest BCUT2D eigenvalue weighted by Gasteiger charge is 2.03. The molecule has 0 heterocycles. The van der Waals surface area contributed by atoms with Crippen molar-refractivity contribution in [1.29, 1.82) is 5.26 Å². The second-order valence-corrected chi connectivity index (χ2v) is 4.86. The number of rotatable bonds is 3. The SMILES string of the molecule is N#Cc1ccc(C(=O)N/N=C\c2ccc(Br)cc2)cc1. The Bertz CT molecular complexity index is 670. The molecule has 5 heteroatoms. The number of carbonyl (C=O) groups excluding carboxylic acids is 1. The molecular weight excluding hydrogens is 318 g/mol. The molecule has 98 valence electrons. The highest BCUT2D eigenvalue weighted by molar-refractivity contribution is 9.10. The molecule has 20 heavy (non-hydrogen) atoms. The van der Waals surface area contributed by atoms with E-state index >= 15 is 0 Å². The molecule has 2 aromatic rings. The van der Waals surface area contributed by atoms with Crippen molar-refractivity contribution < 1.29 is 4.79 Å². The Morgan fingerprint density at radius 2 is 1.80 bits per heavy atom. The zero-order valence-electron chi connectivity index (χ0n) is 10.4. The van der Waals surface area contributed by atoms with Gasteiger partial charge in [0.1, 0.15) is 0 Å². The van der Waals surface area contributed by atoms with Gasteiger partial charge in [0.15, 0.2) is 0 Å². The van der Waals surface area contributed by atoms with Crippen LogP contribution in [-0.2, 0) is 0 Å². The summed E-state index contributed by atoms with van der Waals surface area (Å²) in [4.78, 5) is 11.8. The monoisotopic (exact) mass is 327 g/mol. The van der Waals surface area contributed by atoms with Gasteiger partial charge in [-0.1, -0.05) is 28.1 Å². The lowest BCUT2D eigenvalue weighted by atomic mass is 10.1. The van der Waals surface area contributed by atoms with E-state index in [4.69, 9.17) is 5.26 Å². The van der Waals surface area contributed by atoms with Crippen LogP contribution in [0.25, 0.3) is 0 Å². The van der Waals surface area contributed by atoms with E-state index < -0.39 is 0 Å². The Labute approximate surface area is 124 Å². The van der Waals surface area contributed by atoms with Crippen molar-refractivity contribution in [3.8, 4) is 6.07 Å². The first kappa shape index (κ1) is 14.0. The summed E-state index contributed by atoms with van der Waals surface area (Å²) in [6.07, 6.45) is 1.56. The number of halogens is 1. The first-order valence-electron chi connectivity index (χ1n) is 5.78. The van der Waals surface area contributed by atoms with Gasteiger partial charge in [0.05, 0.1) is 17.8 Å². The Morgan fingerprint density at radius 1 is 1.15 bits per heavy atom. The summed E-state index contributed by atoms with van der Waals surface area (Å²) in [5.74, 6) is -0.317. The summed E-state index contributed by atoms with van der Waals surface area (Å²) in [5, 5.41) is 12.6. The molecule has 1 amide bonds. The van der Waals surface area contributed by atoms with Gasteiger partial charge in [-0.25, -0.2) is 5.43 Å². The van der Waals surface area contributed by atoms with Crippen LogP contribution in [0.3, 0.4) is 0 Å². The minimum Gasteiger partial charge on any atom is -0.267 e. The molecule has 0 atom stereocenters. The normalized spacial score (nSPS) is 10.2. The van der Waals surface area contributed by atoms with Crippen LogP contribution in [0.15, 0.2) is 58.1 Å². The van der Waals surface area contributed by atoms with Crippen LogP contribution < -0.4 is 5.43 Å². The number of nitriles is 1. The van der Waals surface area contributed by atoms with Gasteiger partial charge in [-0.2, -0.15) is 10.4 Å². The molecule has 1 N–H and O–H groups in total.